The Labute approximate surface area is 306 Å². The number of halogens is 1. The van der Waals surface area contributed by atoms with E-state index in [1.54, 1.807) is 23.1 Å². The van der Waals surface area contributed by atoms with E-state index in [1.165, 1.54) is 18.9 Å². The lowest BCUT2D eigenvalue weighted by Crippen LogP contribution is -2.38. The van der Waals surface area contributed by atoms with E-state index in [2.05, 4.69) is 4.90 Å². The minimum Gasteiger partial charge on any atom is -0.493 e. The predicted molar refractivity (Wildman–Crippen MR) is 199 cm³/mol. The number of hydrogen-bond donors (Lipinski definition) is 2. The summed E-state index contributed by atoms with van der Waals surface area (Å²) in [6.45, 7) is 5.73. The number of thiocarbonyl (C=S) groups is 1. The van der Waals surface area contributed by atoms with Gasteiger partial charge in [-0.2, -0.15) is 0 Å². The lowest BCUT2D eigenvalue weighted by atomic mass is 10.0. The summed E-state index contributed by atoms with van der Waals surface area (Å²) in [4.78, 5) is 29.1. The minimum atomic E-state index is -0.936. The molecule has 0 bridgehead atoms. The number of carbonyl (C=O) groups is 2. The predicted octanol–water partition coefficient (Wildman–Crippen LogP) is 5.36. The van der Waals surface area contributed by atoms with Crippen molar-refractivity contribution >= 4 is 57.9 Å². The van der Waals surface area contributed by atoms with E-state index in [-0.39, 0.29) is 18.9 Å². The highest BCUT2D eigenvalue weighted by Crippen LogP contribution is 2.37. The maximum absolute atomic E-state index is 13.6. The number of nitrogens with zero attached hydrogens (tertiary/aromatic N) is 2. The van der Waals surface area contributed by atoms with Crippen molar-refractivity contribution in [3.05, 3.63) is 75.7 Å². The van der Waals surface area contributed by atoms with Crippen LogP contribution in [0.1, 0.15) is 17.5 Å². The van der Waals surface area contributed by atoms with Crippen LogP contribution in [0, 0.1) is 0 Å². The average Bonchev–Trinajstić information content (AvgIpc) is 3.37. The first-order chi connectivity index (χ1) is 24.2. The second-order valence-corrected chi connectivity index (χ2v) is 13.5. The maximum atomic E-state index is 13.6. The third-order valence-corrected chi connectivity index (χ3v) is 9.62. The standard InChI is InChI=1S/C36H40ClN3O8S2/c1-44-31-6-3-24(20-34(41)42)19-32(31)46-14-2-10-40-35(43)33(50-36(40)49)23-27-21-25(26-5-8-30(28(37)22-26)47-15-9-38)4-7-29(27)48-18-13-39-11-16-45-17-12-39/h3-8,19,21-23H,2,9-18,20,38H2,1H3,(H,41,42)/b33-23-. The van der Waals surface area contributed by atoms with Gasteiger partial charge in [0.25, 0.3) is 5.91 Å². The third kappa shape index (κ3) is 10.1. The Morgan fingerprint density at radius 2 is 1.66 bits per heavy atom. The molecule has 0 saturated carbocycles. The number of morpholine rings is 1. The number of hydrogen-bond acceptors (Lipinski definition) is 11. The minimum absolute atomic E-state index is 0.128. The van der Waals surface area contributed by atoms with E-state index in [4.69, 9.17) is 58.3 Å². The Hall–Kier alpha value is -3.85. The molecule has 0 spiro atoms. The highest BCUT2D eigenvalue weighted by Gasteiger charge is 2.32. The number of methoxy groups -OCH3 is 1. The highest BCUT2D eigenvalue weighted by atomic mass is 35.5. The van der Waals surface area contributed by atoms with Crippen molar-refractivity contribution < 1.29 is 38.4 Å². The molecule has 2 saturated heterocycles. The first-order valence-electron chi connectivity index (χ1n) is 16.2. The zero-order valence-electron chi connectivity index (χ0n) is 27.7. The molecule has 11 nitrogen and oxygen atoms in total. The van der Waals surface area contributed by atoms with Crippen LogP contribution < -0.4 is 24.7 Å². The van der Waals surface area contributed by atoms with Gasteiger partial charge in [0.1, 0.15) is 29.0 Å². The molecule has 2 heterocycles. The van der Waals surface area contributed by atoms with Gasteiger partial charge in [-0.05, 0) is 65.6 Å². The molecule has 2 aliphatic heterocycles. The lowest BCUT2D eigenvalue weighted by Gasteiger charge is -2.26. The molecule has 0 radical (unpaired) electrons. The lowest BCUT2D eigenvalue weighted by molar-refractivity contribution is -0.136. The molecule has 0 aromatic heterocycles. The number of carboxylic acids is 1. The Balaban J connectivity index is 1.30. The van der Waals surface area contributed by atoms with Crippen LogP contribution in [-0.4, -0.2) is 104 Å². The van der Waals surface area contributed by atoms with E-state index < -0.39 is 5.97 Å². The summed E-state index contributed by atoms with van der Waals surface area (Å²) in [6.07, 6.45) is 2.18. The second kappa shape index (κ2) is 18.4. The number of carboxylic acid groups (broad SMARTS) is 1. The summed E-state index contributed by atoms with van der Waals surface area (Å²) in [5.74, 6) is 1.01. The number of benzene rings is 3. The molecule has 2 fully saturated rings. The van der Waals surface area contributed by atoms with Gasteiger partial charge >= 0.3 is 5.97 Å². The van der Waals surface area contributed by atoms with E-state index in [0.29, 0.717) is 88.7 Å². The summed E-state index contributed by atoms with van der Waals surface area (Å²) in [6, 6.07) is 16.4. The molecule has 5 rings (SSSR count). The fraction of sp³-hybridized carbons (Fsp3) is 0.361. The van der Waals surface area contributed by atoms with E-state index in [0.717, 1.165) is 36.3 Å². The number of aliphatic carboxylic acids is 1. The van der Waals surface area contributed by atoms with Crippen molar-refractivity contribution in [1.29, 1.82) is 0 Å². The van der Waals surface area contributed by atoms with Gasteiger partial charge in [0.15, 0.2) is 11.5 Å². The first-order valence-corrected chi connectivity index (χ1v) is 17.8. The van der Waals surface area contributed by atoms with Gasteiger partial charge in [-0.1, -0.05) is 53.8 Å². The number of thioether (sulfide) groups is 1. The summed E-state index contributed by atoms with van der Waals surface area (Å²) in [5, 5.41) is 9.61. The zero-order chi connectivity index (χ0) is 35.5. The smallest absolute Gasteiger partial charge is 0.307 e. The molecule has 0 unspecified atom stereocenters. The third-order valence-electron chi connectivity index (χ3n) is 7.95. The molecule has 3 aromatic rings. The molecular weight excluding hydrogens is 702 g/mol. The highest BCUT2D eigenvalue weighted by molar-refractivity contribution is 8.26. The van der Waals surface area contributed by atoms with Crippen LogP contribution in [0.4, 0.5) is 0 Å². The largest absolute Gasteiger partial charge is 0.493 e. The summed E-state index contributed by atoms with van der Waals surface area (Å²) in [5.41, 5.74) is 8.67. The van der Waals surface area contributed by atoms with Gasteiger partial charge in [-0.25, -0.2) is 0 Å². The Morgan fingerprint density at radius 1 is 0.960 bits per heavy atom. The van der Waals surface area contributed by atoms with Gasteiger partial charge in [0.2, 0.25) is 0 Å². The molecule has 266 valence electrons. The van der Waals surface area contributed by atoms with E-state index in [9.17, 15) is 9.59 Å². The van der Waals surface area contributed by atoms with Crippen LogP contribution in [0.2, 0.25) is 5.02 Å². The quantitative estimate of drug-likeness (QED) is 0.105. The summed E-state index contributed by atoms with van der Waals surface area (Å²) >= 11 is 13.4. The molecular formula is C36H40ClN3O8S2. The van der Waals surface area contributed by atoms with Crippen molar-refractivity contribution in [2.45, 2.75) is 12.8 Å². The van der Waals surface area contributed by atoms with Gasteiger partial charge < -0.3 is 34.5 Å². The van der Waals surface area contributed by atoms with Crippen molar-refractivity contribution in [3.8, 4) is 34.1 Å². The molecule has 0 atom stereocenters. The van der Waals surface area contributed by atoms with Crippen LogP contribution >= 0.6 is 35.6 Å². The molecule has 1 amide bonds. The zero-order valence-corrected chi connectivity index (χ0v) is 30.1. The topological polar surface area (TPSA) is 133 Å². The number of nitrogens with two attached hydrogens (primary N) is 1. The second-order valence-electron chi connectivity index (χ2n) is 11.4. The first kappa shape index (κ1) is 37.4. The van der Waals surface area contributed by atoms with E-state index >= 15 is 0 Å². The number of amides is 1. The molecule has 3 N–H and O–H groups in total. The van der Waals surface area contributed by atoms with E-state index in [1.807, 2.05) is 42.5 Å². The van der Waals surface area contributed by atoms with Crippen LogP contribution in [0.5, 0.6) is 23.0 Å². The summed E-state index contributed by atoms with van der Waals surface area (Å²) in [7, 11) is 1.52. The number of rotatable bonds is 17. The Morgan fingerprint density at radius 3 is 2.38 bits per heavy atom. The average molecular weight is 742 g/mol. The SMILES string of the molecule is COc1ccc(CC(=O)O)cc1OCCCN1C(=O)/C(=C/c2cc(-c3ccc(OCCN)c(Cl)c3)ccc2OCCN2CCOCC2)SC1=S. The van der Waals surface area contributed by atoms with Gasteiger partial charge in [-0.15, -0.1) is 0 Å². The fourth-order valence-electron chi connectivity index (χ4n) is 5.41. The maximum Gasteiger partial charge on any atom is 0.307 e. The Bertz CT molecular complexity index is 1720. The number of carbonyl (C=O) groups excluding carboxylic acids is 1. The van der Waals surface area contributed by atoms with Crippen molar-refractivity contribution in [2.75, 3.05) is 72.9 Å². The monoisotopic (exact) mass is 741 g/mol. The van der Waals surface area contributed by atoms with Crippen molar-refractivity contribution in [1.82, 2.24) is 9.80 Å². The van der Waals surface area contributed by atoms with Gasteiger partial charge in [0, 0.05) is 38.3 Å². The van der Waals surface area contributed by atoms with Gasteiger partial charge in [-0.3, -0.25) is 19.4 Å². The molecule has 50 heavy (non-hydrogen) atoms. The molecule has 0 aliphatic carbocycles. The molecule has 3 aromatic carbocycles. The van der Waals surface area contributed by atoms with Gasteiger partial charge in [0.05, 0.1) is 43.3 Å². The fourth-order valence-corrected chi connectivity index (χ4v) is 6.94. The number of ether oxygens (including phenoxy) is 5. The normalized spacial score (nSPS) is 15.8. The molecule has 14 heteroatoms. The Kier molecular flexibility index (Phi) is 13.8. The van der Waals surface area contributed by atoms with Crippen molar-refractivity contribution in [3.63, 3.8) is 0 Å². The van der Waals surface area contributed by atoms with Crippen LogP contribution in [0.15, 0.2) is 59.5 Å². The van der Waals surface area contributed by atoms with Crippen LogP contribution in [-0.2, 0) is 20.7 Å². The van der Waals surface area contributed by atoms with Crippen LogP contribution in [0.3, 0.4) is 0 Å². The van der Waals surface area contributed by atoms with Crippen LogP contribution in [0.25, 0.3) is 17.2 Å². The molecule has 2 aliphatic rings. The van der Waals surface area contributed by atoms with Crippen molar-refractivity contribution in [2.24, 2.45) is 5.73 Å². The summed E-state index contributed by atoms with van der Waals surface area (Å²) < 4.78 is 29.1.